The van der Waals surface area contributed by atoms with E-state index in [4.69, 9.17) is 16.3 Å². The van der Waals surface area contributed by atoms with E-state index in [0.717, 1.165) is 24.3 Å². The Kier molecular flexibility index (Phi) is 7.29. The summed E-state index contributed by atoms with van der Waals surface area (Å²) in [7, 11) is 1.64. The van der Waals surface area contributed by atoms with Crippen LogP contribution in [0.3, 0.4) is 0 Å². The van der Waals surface area contributed by atoms with E-state index in [-0.39, 0.29) is 11.8 Å². The van der Waals surface area contributed by atoms with Crippen LogP contribution in [0.25, 0.3) is 0 Å². The topological polar surface area (TPSA) is 65.1 Å². The number of rotatable bonds is 5. The summed E-state index contributed by atoms with van der Waals surface area (Å²) < 4.78 is 5.43. The lowest BCUT2D eigenvalue weighted by atomic mass is 10.1. The van der Waals surface area contributed by atoms with Gasteiger partial charge in [-0.1, -0.05) is 41.9 Å². The van der Waals surface area contributed by atoms with Gasteiger partial charge in [-0.2, -0.15) is 0 Å². The first-order valence-corrected chi connectivity index (χ1v) is 11.4. The maximum atomic E-state index is 13.4. The summed E-state index contributed by atoms with van der Waals surface area (Å²) in [5, 5.41) is 3.38. The number of benzene rings is 2. The molecule has 4 rings (SSSR count). The van der Waals surface area contributed by atoms with Crippen LogP contribution in [0.1, 0.15) is 15.9 Å². The van der Waals surface area contributed by atoms with Gasteiger partial charge in [-0.15, -0.1) is 0 Å². The van der Waals surface area contributed by atoms with Crippen LogP contribution in [0.15, 0.2) is 48.5 Å². The number of morpholine rings is 1. The molecule has 0 bridgehead atoms. The minimum absolute atomic E-state index is 0.0792. The van der Waals surface area contributed by atoms with Crippen LogP contribution in [-0.4, -0.2) is 80.6 Å². The Morgan fingerprint density at radius 3 is 2.53 bits per heavy atom. The van der Waals surface area contributed by atoms with E-state index in [0.29, 0.717) is 50.0 Å². The van der Waals surface area contributed by atoms with Gasteiger partial charge in [0, 0.05) is 51.9 Å². The molecule has 0 spiro atoms. The Balaban J connectivity index is 1.50. The Morgan fingerprint density at radius 2 is 1.81 bits per heavy atom. The molecule has 8 heteroatoms. The Morgan fingerprint density at radius 1 is 1.06 bits per heavy atom. The van der Waals surface area contributed by atoms with Crippen molar-refractivity contribution in [3.63, 3.8) is 0 Å². The smallest absolute Gasteiger partial charge is 0.254 e. The van der Waals surface area contributed by atoms with Crippen LogP contribution in [-0.2, 0) is 16.1 Å². The minimum Gasteiger partial charge on any atom is -0.378 e. The van der Waals surface area contributed by atoms with Gasteiger partial charge in [0.15, 0.2) is 0 Å². The number of amides is 2. The summed E-state index contributed by atoms with van der Waals surface area (Å²) >= 11 is 6.43. The quantitative estimate of drug-likeness (QED) is 0.747. The molecule has 0 aromatic heterocycles. The molecule has 32 heavy (non-hydrogen) atoms. The monoisotopic (exact) mass is 456 g/mol. The van der Waals surface area contributed by atoms with Crippen molar-refractivity contribution in [1.82, 2.24) is 15.1 Å². The van der Waals surface area contributed by atoms with Gasteiger partial charge in [0.2, 0.25) is 5.91 Å². The van der Waals surface area contributed by atoms with Crippen molar-refractivity contribution in [3.05, 3.63) is 64.7 Å². The number of hydrogen-bond donors (Lipinski definition) is 1. The number of carbonyl (C=O) groups excluding carboxylic acids is 2. The molecule has 2 aromatic rings. The molecule has 0 saturated carbocycles. The fraction of sp³-hybridized carbons (Fsp3) is 0.417. The molecule has 1 N–H and O–H groups in total. The summed E-state index contributed by atoms with van der Waals surface area (Å²) in [6.07, 6.45) is 0. The second-order valence-corrected chi connectivity index (χ2v) is 8.51. The van der Waals surface area contributed by atoms with E-state index >= 15 is 0 Å². The summed E-state index contributed by atoms with van der Waals surface area (Å²) in [6, 6.07) is 15.1. The molecule has 2 saturated heterocycles. The summed E-state index contributed by atoms with van der Waals surface area (Å²) in [5.41, 5.74) is 2.59. The lowest BCUT2D eigenvalue weighted by Gasteiger charge is -2.40. The molecule has 0 radical (unpaired) electrons. The first-order chi connectivity index (χ1) is 15.6. The van der Waals surface area contributed by atoms with E-state index in [1.54, 1.807) is 24.1 Å². The van der Waals surface area contributed by atoms with E-state index in [9.17, 15) is 9.59 Å². The van der Waals surface area contributed by atoms with Gasteiger partial charge in [-0.05, 0) is 23.8 Å². The van der Waals surface area contributed by atoms with E-state index in [1.165, 1.54) is 0 Å². The predicted molar refractivity (Wildman–Crippen MR) is 125 cm³/mol. The zero-order chi connectivity index (χ0) is 22.5. The molecule has 170 valence electrons. The van der Waals surface area contributed by atoms with Gasteiger partial charge < -0.3 is 19.9 Å². The molecule has 1 unspecified atom stereocenters. The van der Waals surface area contributed by atoms with Crippen molar-refractivity contribution >= 4 is 29.1 Å². The molecular formula is C24H29ClN4O3. The van der Waals surface area contributed by atoms with Crippen molar-refractivity contribution in [3.8, 4) is 0 Å². The van der Waals surface area contributed by atoms with Gasteiger partial charge in [0.25, 0.3) is 5.91 Å². The molecule has 2 heterocycles. The van der Waals surface area contributed by atoms with Crippen LogP contribution >= 0.6 is 11.6 Å². The fourth-order valence-corrected chi connectivity index (χ4v) is 4.54. The van der Waals surface area contributed by atoms with Crippen molar-refractivity contribution in [2.75, 3.05) is 57.9 Å². The Bertz CT molecular complexity index is 950. The molecule has 1 atom stereocenters. The summed E-state index contributed by atoms with van der Waals surface area (Å²) in [5.74, 6) is -0.159. The zero-order valence-electron chi connectivity index (χ0n) is 18.3. The number of piperazine rings is 1. The molecule has 2 fully saturated rings. The van der Waals surface area contributed by atoms with Crippen LogP contribution in [0.5, 0.6) is 0 Å². The predicted octanol–water partition coefficient (Wildman–Crippen LogP) is 2.25. The molecule has 0 aliphatic carbocycles. The largest absolute Gasteiger partial charge is 0.378 e. The molecule has 2 amide bonds. The lowest BCUT2D eigenvalue weighted by molar-refractivity contribution is -0.128. The first kappa shape index (κ1) is 22.6. The van der Waals surface area contributed by atoms with Crippen molar-refractivity contribution in [1.29, 1.82) is 0 Å². The fourth-order valence-electron chi connectivity index (χ4n) is 4.30. The second-order valence-electron chi connectivity index (χ2n) is 8.10. The average Bonchev–Trinajstić information content (AvgIpc) is 2.85. The normalized spacial score (nSPS) is 19.6. The maximum Gasteiger partial charge on any atom is 0.254 e. The highest BCUT2D eigenvalue weighted by atomic mass is 35.5. The minimum atomic E-state index is -0.399. The zero-order valence-corrected chi connectivity index (χ0v) is 19.1. The molecule has 7 nitrogen and oxygen atoms in total. The number of anilines is 1. The third-order valence-electron chi connectivity index (χ3n) is 6.10. The molecule has 2 aliphatic heterocycles. The lowest BCUT2D eigenvalue weighted by Crippen LogP contribution is -2.59. The van der Waals surface area contributed by atoms with E-state index in [2.05, 4.69) is 27.2 Å². The van der Waals surface area contributed by atoms with Crippen molar-refractivity contribution in [2.24, 2.45) is 0 Å². The molecule has 2 aromatic carbocycles. The summed E-state index contributed by atoms with van der Waals surface area (Å²) in [6.45, 7) is 4.99. The van der Waals surface area contributed by atoms with Gasteiger partial charge in [-0.25, -0.2) is 0 Å². The summed E-state index contributed by atoms with van der Waals surface area (Å²) in [4.78, 5) is 32.1. The van der Waals surface area contributed by atoms with Gasteiger partial charge in [0.05, 0.1) is 23.9 Å². The highest BCUT2D eigenvalue weighted by Crippen LogP contribution is 2.28. The van der Waals surface area contributed by atoms with Crippen LogP contribution in [0, 0.1) is 0 Å². The SMILES string of the molecule is CNC(=O)C1CN(C(=O)c2ccc(Cl)c(N3CCOCC3)c2)CCN1Cc1ccccc1. The Labute approximate surface area is 193 Å². The molecular weight excluding hydrogens is 428 g/mol. The average molecular weight is 457 g/mol. The van der Waals surface area contributed by atoms with Crippen LogP contribution < -0.4 is 10.2 Å². The van der Waals surface area contributed by atoms with Gasteiger partial charge in [0.1, 0.15) is 6.04 Å². The number of carbonyl (C=O) groups is 2. The van der Waals surface area contributed by atoms with E-state index in [1.807, 2.05) is 24.3 Å². The standard InChI is InChI=1S/C24H29ClN4O3/c1-26-23(30)22-17-29(10-9-28(22)16-18-5-3-2-4-6-18)24(31)19-7-8-20(25)21(15-19)27-11-13-32-14-12-27/h2-8,15,22H,9-14,16-17H2,1H3,(H,26,30). The van der Waals surface area contributed by atoms with Crippen molar-refractivity contribution in [2.45, 2.75) is 12.6 Å². The number of ether oxygens (including phenoxy) is 1. The first-order valence-electron chi connectivity index (χ1n) is 11.0. The number of nitrogens with zero attached hydrogens (tertiary/aromatic N) is 3. The number of halogens is 1. The maximum absolute atomic E-state index is 13.4. The highest BCUT2D eigenvalue weighted by molar-refractivity contribution is 6.33. The number of nitrogens with one attached hydrogen (secondary N) is 1. The second kappa shape index (κ2) is 10.3. The van der Waals surface area contributed by atoms with E-state index < -0.39 is 6.04 Å². The Hall–Kier alpha value is -2.61. The third-order valence-corrected chi connectivity index (χ3v) is 6.42. The van der Waals surface area contributed by atoms with Crippen LogP contribution in [0.2, 0.25) is 5.02 Å². The number of likely N-dealkylation sites (N-methyl/N-ethyl adjacent to an activating group) is 1. The van der Waals surface area contributed by atoms with Crippen molar-refractivity contribution < 1.29 is 14.3 Å². The van der Waals surface area contributed by atoms with Gasteiger partial charge in [-0.3, -0.25) is 14.5 Å². The number of hydrogen-bond acceptors (Lipinski definition) is 5. The van der Waals surface area contributed by atoms with Crippen LogP contribution in [0.4, 0.5) is 5.69 Å². The highest BCUT2D eigenvalue weighted by Gasteiger charge is 2.34. The third kappa shape index (κ3) is 5.06. The molecule has 2 aliphatic rings. The van der Waals surface area contributed by atoms with Gasteiger partial charge >= 0.3 is 0 Å².